The van der Waals surface area contributed by atoms with Crippen molar-refractivity contribution in [2.45, 2.75) is 58.5 Å². The number of primary amides is 1. The van der Waals surface area contributed by atoms with Crippen LogP contribution in [0.5, 0.6) is 0 Å². The molecule has 0 bridgehead atoms. The summed E-state index contributed by atoms with van der Waals surface area (Å²) >= 11 is 0. The summed E-state index contributed by atoms with van der Waals surface area (Å²) in [6.07, 6.45) is 2.86. The van der Waals surface area contributed by atoms with Crippen LogP contribution in [0.2, 0.25) is 0 Å². The second-order valence-electron chi connectivity index (χ2n) is 8.02. The fraction of sp³-hybridized carbons (Fsp3) is 0.524. The molecule has 6 nitrogen and oxygen atoms in total. The van der Waals surface area contributed by atoms with Crippen LogP contribution >= 0.6 is 0 Å². The molecule has 1 heterocycles. The van der Waals surface area contributed by atoms with Crippen molar-refractivity contribution in [1.82, 2.24) is 10.6 Å². The van der Waals surface area contributed by atoms with Crippen molar-refractivity contribution in [3.8, 4) is 0 Å². The van der Waals surface area contributed by atoms with Crippen molar-refractivity contribution in [2.24, 2.45) is 17.6 Å². The Balaban J connectivity index is 1.69. The fourth-order valence-electron chi connectivity index (χ4n) is 3.93. The van der Waals surface area contributed by atoms with Crippen LogP contribution in [0, 0.1) is 24.6 Å². The van der Waals surface area contributed by atoms with Gasteiger partial charge in [0, 0.05) is 22.9 Å². The van der Waals surface area contributed by atoms with Crippen LogP contribution in [0.25, 0.3) is 11.0 Å². The highest BCUT2D eigenvalue weighted by atomic mass is 19.1. The van der Waals surface area contributed by atoms with E-state index >= 15 is 0 Å². The van der Waals surface area contributed by atoms with Gasteiger partial charge in [-0.25, -0.2) is 9.18 Å². The number of nitrogens with one attached hydrogen (secondary N) is 2. The summed E-state index contributed by atoms with van der Waals surface area (Å²) in [5.41, 5.74) is 6.79. The Bertz CT molecular complexity index is 869. The van der Waals surface area contributed by atoms with Gasteiger partial charge in [-0.05, 0) is 56.7 Å². The van der Waals surface area contributed by atoms with Crippen molar-refractivity contribution >= 4 is 22.9 Å². The van der Waals surface area contributed by atoms with Gasteiger partial charge in [-0.1, -0.05) is 13.8 Å². The maximum Gasteiger partial charge on any atom is 0.315 e. The highest BCUT2D eigenvalue weighted by Crippen LogP contribution is 2.33. The van der Waals surface area contributed by atoms with Gasteiger partial charge in [0.05, 0.1) is 6.04 Å². The average Bonchev–Trinajstić information content (AvgIpc) is 2.96. The van der Waals surface area contributed by atoms with Crippen LogP contribution < -0.4 is 16.4 Å². The Labute approximate surface area is 164 Å². The number of furan rings is 1. The van der Waals surface area contributed by atoms with Gasteiger partial charge in [-0.2, -0.15) is 0 Å². The second-order valence-corrected chi connectivity index (χ2v) is 8.02. The lowest BCUT2D eigenvalue weighted by Crippen LogP contribution is -2.46. The summed E-state index contributed by atoms with van der Waals surface area (Å²) in [6, 6.07) is 3.84. The van der Waals surface area contributed by atoms with Gasteiger partial charge < -0.3 is 20.8 Å². The Hall–Kier alpha value is -2.57. The molecule has 1 aromatic heterocycles. The molecule has 0 aliphatic heterocycles. The van der Waals surface area contributed by atoms with E-state index in [9.17, 15) is 14.0 Å². The average molecular weight is 389 g/mol. The van der Waals surface area contributed by atoms with Crippen LogP contribution in [0.4, 0.5) is 9.18 Å². The Morgan fingerprint density at radius 3 is 2.50 bits per heavy atom. The van der Waals surface area contributed by atoms with Crippen LogP contribution in [0.1, 0.15) is 56.9 Å². The minimum absolute atomic E-state index is 0.0225. The van der Waals surface area contributed by atoms with Gasteiger partial charge in [0.1, 0.15) is 17.2 Å². The van der Waals surface area contributed by atoms with E-state index < -0.39 is 0 Å². The van der Waals surface area contributed by atoms with Gasteiger partial charge in [0.25, 0.3) is 0 Å². The molecule has 3 rings (SSSR count). The second kappa shape index (κ2) is 8.20. The van der Waals surface area contributed by atoms with Crippen molar-refractivity contribution in [2.75, 3.05) is 0 Å². The molecule has 1 aromatic carbocycles. The standard InChI is InChI=1S/C21H28FN3O3/c1-11(2)18(19-12(3)16-10-14(22)6-9-17(16)28-19)25-21(27)24-15-7-4-13(5-8-15)20(23)26/h6,9-11,13,15,18H,4-5,7-8H2,1-3H3,(H2,23,26)(H2,24,25,27). The first-order chi connectivity index (χ1) is 13.3. The van der Waals surface area contributed by atoms with Crippen LogP contribution in [-0.2, 0) is 4.79 Å². The zero-order valence-corrected chi connectivity index (χ0v) is 16.5. The molecule has 0 radical (unpaired) electrons. The number of rotatable bonds is 5. The quantitative estimate of drug-likeness (QED) is 0.723. The third-order valence-corrected chi connectivity index (χ3v) is 5.64. The topological polar surface area (TPSA) is 97.4 Å². The number of hydrogen-bond donors (Lipinski definition) is 3. The third-order valence-electron chi connectivity index (χ3n) is 5.64. The molecule has 4 N–H and O–H groups in total. The van der Waals surface area contributed by atoms with E-state index in [4.69, 9.17) is 10.2 Å². The Kier molecular flexibility index (Phi) is 5.91. The molecule has 0 spiro atoms. The predicted octanol–water partition coefficient (Wildman–Crippen LogP) is 3.92. The van der Waals surface area contributed by atoms with Crippen molar-refractivity contribution in [3.05, 3.63) is 35.3 Å². The maximum atomic E-state index is 13.6. The predicted molar refractivity (Wildman–Crippen MR) is 105 cm³/mol. The lowest BCUT2D eigenvalue weighted by atomic mass is 9.86. The number of aryl methyl sites for hydroxylation is 1. The first-order valence-electron chi connectivity index (χ1n) is 9.81. The lowest BCUT2D eigenvalue weighted by Gasteiger charge is -2.29. The molecule has 1 saturated carbocycles. The summed E-state index contributed by atoms with van der Waals surface area (Å²) in [5, 5.41) is 6.71. The van der Waals surface area contributed by atoms with Gasteiger partial charge in [-0.3, -0.25) is 4.79 Å². The van der Waals surface area contributed by atoms with E-state index in [1.807, 2.05) is 20.8 Å². The molecule has 0 saturated heterocycles. The van der Waals surface area contributed by atoms with Gasteiger partial charge in [0.2, 0.25) is 5.91 Å². The number of nitrogens with two attached hydrogens (primary N) is 1. The molecule has 1 aliphatic carbocycles. The number of halogens is 1. The smallest absolute Gasteiger partial charge is 0.315 e. The van der Waals surface area contributed by atoms with E-state index in [2.05, 4.69) is 10.6 Å². The number of benzene rings is 1. The van der Waals surface area contributed by atoms with E-state index in [0.29, 0.717) is 29.6 Å². The lowest BCUT2D eigenvalue weighted by molar-refractivity contribution is -0.122. The molecule has 1 fully saturated rings. The SMILES string of the molecule is Cc1c(C(NC(=O)NC2CCC(C(N)=O)CC2)C(C)C)oc2ccc(F)cc12. The van der Waals surface area contributed by atoms with E-state index in [1.165, 1.54) is 12.1 Å². The molecule has 1 atom stereocenters. The normalized spacial score (nSPS) is 20.9. The van der Waals surface area contributed by atoms with E-state index in [-0.39, 0.29) is 41.7 Å². The molecular weight excluding hydrogens is 361 g/mol. The first-order valence-corrected chi connectivity index (χ1v) is 9.81. The zero-order chi connectivity index (χ0) is 20.4. The molecule has 1 unspecified atom stereocenters. The maximum absolute atomic E-state index is 13.6. The van der Waals surface area contributed by atoms with Crippen molar-refractivity contribution in [3.63, 3.8) is 0 Å². The fourth-order valence-corrected chi connectivity index (χ4v) is 3.93. The minimum atomic E-state index is -0.336. The molecule has 7 heteroatoms. The van der Waals surface area contributed by atoms with E-state index in [1.54, 1.807) is 6.07 Å². The molecular formula is C21H28FN3O3. The third kappa shape index (κ3) is 4.29. The summed E-state index contributed by atoms with van der Waals surface area (Å²) in [6.45, 7) is 5.87. The largest absolute Gasteiger partial charge is 0.459 e. The zero-order valence-electron chi connectivity index (χ0n) is 16.5. The molecule has 3 amide bonds. The summed E-state index contributed by atoms with van der Waals surface area (Å²) in [4.78, 5) is 23.9. The van der Waals surface area contributed by atoms with E-state index in [0.717, 1.165) is 18.4 Å². The van der Waals surface area contributed by atoms with Gasteiger partial charge >= 0.3 is 6.03 Å². The Morgan fingerprint density at radius 2 is 1.89 bits per heavy atom. The van der Waals surface area contributed by atoms with Crippen LogP contribution in [0.15, 0.2) is 22.6 Å². The number of carbonyl (C=O) groups excluding carboxylic acids is 2. The van der Waals surface area contributed by atoms with Crippen LogP contribution in [-0.4, -0.2) is 18.0 Å². The van der Waals surface area contributed by atoms with Gasteiger partial charge in [0.15, 0.2) is 0 Å². The number of carbonyl (C=O) groups is 2. The highest BCUT2D eigenvalue weighted by molar-refractivity contribution is 5.83. The summed E-state index contributed by atoms with van der Waals surface area (Å²) < 4.78 is 19.5. The van der Waals surface area contributed by atoms with Crippen LogP contribution in [0.3, 0.4) is 0 Å². The highest BCUT2D eigenvalue weighted by Gasteiger charge is 2.28. The first kappa shape index (κ1) is 20.2. The van der Waals surface area contributed by atoms with Crippen molar-refractivity contribution in [1.29, 1.82) is 0 Å². The monoisotopic (exact) mass is 389 g/mol. The number of fused-ring (bicyclic) bond motifs is 1. The Morgan fingerprint density at radius 1 is 1.21 bits per heavy atom. The molecule has 152 valence electrons. The number of amides is 3. The summed E-state index contributed by atoms with van der Waals surface area (Å²) in [5.74, 6) is 0.0487. The number of hydrogen-bond acceptors (Lipinski definition) is 3. The summed E-state index contributed by atoms with van der Waals surface area (Å²) in [7, 11) is 0. The molecule has 2 aromatic rings. The molecule has 1 aliphatic rings. The molecule has 28 heavy (non-hydrogen) atoms. The minimum Gasteiger partial charge on any atom is -0.459 e. The van der Waals surface area contributed by atoms with Crippen molar-refractivity contribution < 1.29 is 18.4 Å². The van der Waals surface area contributed by atoms with Gasteiger partial charge in [-0.15, -0.1) is 0 Å². The number of urea groups is 1.